The van der Waals surface area contributed by atoms with Crippen molar-refractivity contribution in [2.75, 3.05) is 6.61 Å². The predicted octanol–water partition coefficient (Wildman–Crippen LogP) is 4.52. The van der Waals surface area contributed by atoms with Crippen LogP contribution in [0.3, 0.4) is 0 Å². The molecule has 3 rings (SSSR count). The summed E-state index contributed by atoms with van der Waals surface area (Å²) in [5.41, 5.74) is 2.26. The first-order valence-electron chi connectivity index (χ1n) is 8.05. The molecule has 26 heavy (non-hydrogen) atoms. The molecule has 3 aromatic rings. The number of hydrogen-bond donors (Lipinski definition) is 1. The van der Waals surface area contributed by atoms with E-state index in [1.165, 1.54) is 0 Å². The van der Waals surface area contributed by atoms with Crippen LogP contribution in [0.1, 0.15) is 39.1 Å². The molecule has 2 aromatic heterocycles. The highest BCUT2D eigenvalue weighted by Crippen LogP contribution is 2.29. The summed E-state index contributed by atoms with van der Waals surface area (Å²) in [6, 6.07) is 7.81. The van der Waals surface area contributed by atoms with Crippen LogP contribution in [-0.4, -0.2) is 22.5 Å². The van der Waals surface area contributed by atoms with E-state index < -0.39 is 5.97 Å². The average Bonchev–Trinajstić information content (AvgIpc) is 2.92. The van der Waals surface area contributed by atoms with Gasteiger partial charge in [0.1, 0.15) is 9.71 Å². The third-order valence-electron chi connectivity index (χ3n) is 3.82. The average molecular weight is 389 g/mol. The van der Waals surface area contributed by atoms with E-state index in [1.807, 2.05) is 31.2 Å². The maximum Gasteiger partial charge on any atom is 0.348 e. The summed E-state index contributed by atoms with van der Waals surface area (Å²) in [6.45, 7) is 5.71. The van der Waals surface area contributed by atoms with Gasteiger partial charge in [0.15, 0.2) is 5.82 Å². The second-order valence-electron chi connectivity index (χ2n) is 5.78. The van der Waals surface area contributed by atoms with Crippen LogP contribution < -0.4 is 5.56 Å². The molecular weight excluding hydrogens is 372 g/mol. The number of aromatic amines is 1. The van der Waals surface area contributed by atoms with E-state index in [-0.39, 0.29) is 18.0 Å². The number of thiophene rings is 1. The molecule has 1 aromatic carbocycles. The highest BCUT2D eigenvalue weighted by molar-refractivity contribution is 7.20. The number of fused-ring (bicyclic) bond motifs is 1. The van der Waals surface area contributed by atoms with Gasteiger partial charge in [-0.25, -0.2) is 9.78 Å². The van der Waals surface area contributed by atoms with E-state index in [1.54, 1.807) is 19.9 Å². The van der Waals surface area contributed by atoms with Gasteiger partial charge in [0, 0.05) is 0 Å². The van der Waals surface area contributed by atoms with Crippen molar-refractivity contribution in [3.05, 3.63) is 62.0 Å². The fourth-order valence-corrected chi connectivity index (χ4v) is 3.91. The van der Waals surface area contributed by atoms with Crippen molar-refractivity contribution in [3.63, 3.8) is 0 Å². The molecule has 0 aliphatic rings. The first kappa shape index (κ1) is 18.4. The van der Waals surface area contributed by atoms with Gasteiger partial charge in [-0.2, -0.15) is 0 Å². The SMILES string of the molecule is CCOC(=O)c1sc2nc(/C(Cl)=C/c3cccc(C)c3)[nH]c(=O)c2c1C. The summed E-state index contributed by atoms with van der Waals surface area (Å²) in [4.78, 5) is 32.5. The van der Waals surface area contributed by atoms with Gasteiger partial charge in [0.25, 0.3) is 5.56 Å². The number of carbonyl (C=O) groups excluding carboxylic acids is 1. The van der Waals surface area contributed by atoms with Gasteiger partial charge < -0.3 is 9.72 Å². The Bertz CT molecular complexity index is 1080. The molecule has 2 heterocycles. The Balaban J connectivity index is 2.08. The third-order valence-corrected chi connectivity index (χ3v) is 5.28. The highest BCUT2D eigenvalue weighted by Gasteiger charge is 2.20. The number of nitrogens with one attached hydrogen (secondary N) is 1. The zero-order valence-corrected chi connectivity index (χ0v) is 16.1. The molecule has 134 valence electrons. The summed E-state index contributed by atoms with van der Waals surface area (Å²) >= 11 is 7.50. The van der Waals surface area contributed by atoms with Crippen LogP contribution in [0.15, 0.2) is 29.1 Å². The molecule has 0 radical (unpaired) electrons. The zero-order chi connectivity index (χ0) is 18.8. The van der Waals surface area contributed by atoms with Crippen LogP contribution in [0, 0.1) is 13.8 Å². The standard InChI is InChI=1S/C19H17ClN2O3S/c1-4-25-19(24)15-11(3)14-17(23)21-16(22-18(14)26-15)13(20)9-12-7-5-6-10(2)8-12/h5-9H,4H2,1-3H3,(H,21,22,23)/b13-9-. The topological polar surface area (TPSA) is 72.0 Å². The van der Waals surface area contributed by atoms with E-state index >= 15 is 0 Å². The Kier molecular flexibility index (Phi) is 5.25. The van der Waals surface area contributed by atoms with E-state index in [9.17, 15) is 9.59 Å². The summed E-state index contributed by atoms with van der Waals surface area (Å²) in [7, 11) is 0. The maximum atomic E-state index is 12.5. The van der Waals surface area contributed by atoms with Gasteiger partial charge in [-0.3, -0.25) is 4.79 Å². The molecule has 0 unspecified atom stereocenters. The van der Waals surface area contributed by atoms with Crippen molar-refractivity contribution >= 4 is 50.2 Å². The summed E-state index contributed by atoms with van der Waals surface area (Å²) in [5.74, 6) is -0.183. The Hall–Kier alpha value is -2.44. The van der Waals surface area contributed by atoms with Crippen LogP contribution in [0.25, 0.3) is 21.3 Å². The fourth-order valence-electron chi connectivity index (χ4n) is 2.62. The number of halogens is 1. The molecule has 0 saturated heterocycles. The number of ether oxygens (including phenoxy) is 1. The number of aryl methyl sites for hydroxylation is 2. The van der Waals surface area contributed by atoms with Crippen LogP contribution in [0.2, 0.25) is 0 Å². The number of carbonyl (C=O) groups is 1. The summed E-state index contributed by atoms with van der Waals surface area (Å²) in [6.07, 6.45) is 1.74. The fraction of sp³-hybridized carbons (Fsp3) is 0.211. The minimum atomic E-state index is -0.449. The zero-order valence-electron chi connectivity index (χ0n) is 14.6. The van der Waals surface area contributed by atoms with Crippen LogP contribution in [0.4, 0.5) is 0 Å². The van der Waals surface area contributed by atoms with Crippen molar-refractivity contribution in [2.24, 2.45) is 0 Å². The molecule has 0 aliphatic heterocycles. The lowest BCUT2D eigenvalue weighted by molar-refractivity contribution is 0.0531. The van der Waals surface area contributed by atoms with Crippen molar-refractivity contribution in [1.82, 2.24) is 9.97 Å². The molecule has 5 nitrogen and oxygen atoms in total. The second-order valence-corrected chi connectivity index (χ2v) is 7.18. The van der Waals surface area contributed by atoms with Crippen molar-refractivity contribution < 1.29 is 9.53 Å². The monoisotopic (exact) mass is 388 g/mol. The number of aromatic nitrogens is 2. The summed E-state index contributed by atoms with van der Waals surface area (Å²) in [5, 5.41) is 0.708. The third kappa shape index (κ3) is 3.57. The minimum Gasteiger partial charge on any atom is -0.462 e. The van der Waals surface area contributed by atoms with Gasteiger partial charge in [-0.05, 0) is 38.0 Å². The van der Waals surface area contributed by atoms with Gasteiger partial charge in [-0.15, -0.1) is 11.3 Å². The molecule has 0 saturated carbocycles. The van der Waals surface area contributed by atoms with E-state index in [0.29, 0.717) is 25.7 Å². The molecular formula is C19H17ClN2O3S. The van der Waals surface area contributed by atoms with Gasteiger partial charge >= 0.3 is 5.97 Å². The Morgan fingerprint density at radius 1 is 1.38 bits per heavy atom. The quantitative estimate of drug-likeness (QED) is 0.667. The number of benzene rings is 1. The first-order valence-corrected chi connectivity index (χ1v) is 9.25. The predicted molar refractivity (Wildman–Crippen MR) is 106 cm³/mol. The summed E-state index contributed by atoms with van der Waals surface area (Å²) < 4.78 is 5.04. The normalized spacial score (nSPS) is 11.8. The van der Waals surface area contributed by atoms with Crippen LogP contribution in [-0.2, 0) is 4.74 Å². The molecule has 0 amide bonds. The molecule has 0 fully saturated rings. The molecule has 1 N–H and O–H groups in total. The number of H-pyrrole nitrogens is 1. The maximum absolute atomic E-state index is 12.5. The van der Waals surface area contributed by atoms with E-state index in [0.717, 1.165) is 22.5 Å². The number of hydrogen-bond acceptors (Lipinski definition) is 5. The number of nitrogens with zero attached hydrogens (tertiary/aromatic N) is 1. The van der Waals surface area contributed by atoms with Crippen LogP contribution in [0.5, 0.6) is 0 Å². The lowest BCUT2D eigenvalue weighted by Gasteiger charge is -2.01. The minimum absolute atomic E-state index is 0.266. The van der Waals surface area contributed by atoms with Gasteiger partial charge in [-0.1, -0.05) is 41.4 Å². The van der Waals surface area contributed by atoms with Crippen molar-refractivity contribution in [3.8, 4) is 0 Å². The van der Waals surface area contributed by atoms with E-state index in [4.69, 9.17) is 16.3 Å². The first-order chi connectivity index (χ1) is 12.4. The largest absolute Gasteiger partial charge is 0.462 e. The Labute approximate surface area is 159 Å². The number of esters is 1. The molecule has 0 bridgehead atoms. The molecule has 0 spiro atoms. The Morgan fingerprint density at radius 3 is 2.85 bits per heavy atom. The number of rotatable bonds is 4. The Morgan fingerprint density at radius 2 is 2.15 bits per heavy atom. The van der Waals surface area contributed by atoms with E-state index in [2.05, 4.69) is 9.97 Å². The highest BCUT2D eigenvalue weighted by atomic mass is 35.5. The lowest BCUT2D eigenvalue weighted by Crippen LogP contribution is -2.10. The lowest BCUT2D eigenvalue weighted by atomic mass is 10.1. The molecule has 0 atom stereocenters. The van der Waals surface area contributed by atoms with Gasteiger partial charge in [0.2, 0.25) is 0 Å². The van der Waals surface area contributed by atoms with Crippen molar-refractivity contribution in [2.45, 2.75) is 20.8 Å². The molecule has 0 aliphatic carbocycles. The second kappa shape index (κ2) is 7.43. The smallest absolute Gasteiger partial charge is 0.348 e. The van der Waals surface area contributed by atoms with Crippen molar-refractivity contribution in [1.29, 1.82) is 0 Å². The van der Waals surface area contributed by atoms with Gasteiger partial charge in [0.05, 0.1) is 17.0 Å². The van der Waals surface area contributed by atoms with Crippen LogP contribution >= 0.6 is 22.9 Å². The molecule has 7 heteroatoms.